The molecular formula is C25H28ClN3O3. The van der Waals surface area contributed by atoms with Crippen LogP contribution < -0.4 is 5.56 Å². The normalized spacial score (nSPS) is 10.9. The number of nitrogens with zero attached hydrogens (tertiary/aromatic N) is 2. The van der Waals surface area contributed by atoms with E-state index in [9.17, 15) is 14.4 Å². The molecule has 1 heterocycles. The minimum atomic E-state index is -0.460. The molecule has 1 N–H and O–H groups in total. The summed E-state index contributed by atoms with van der Waals surface area (Å²) in [6.07, 6.45) is 3.20. The lowest BCUT2D eigenvalue weighted by atomic mass is 10.1. The summed E-state index contributed by atoms with van der Waals surface area (Å²) in [4.78, 5) is 40.4. The van der Waals surface area contributed by atoms with Crippen LogP contribution in [0.15, 0.2) is 53.3 Å². The van der Waals surface area contributed by atoms with Gasteiger partial charge in [-0.05, 0) is 62.6 Å². The number of likely N-dealkylation sites (N-methyl/N-ethyl adjacent to an activating group) is 1. The van der Waals surface area contributed by atoms with E-state index in [4.69, 9.17) is 11.6 Å². The Morgan fingerprint density at radius 2 is 1.81 bits per heavy atom. The Morgan fingerprint density at radius 1 is 1.09 bits per heavy atom. The minimum Gasteiger partial charge on any atom is -0.331 e. The molecule has 3 rings (SSSR count). The fourth-order valence-corrected chi connectivity index (χ4v) is 3.81. The SMILES string of the molecule is CCCCc1ccc(C(=O)N(CC)CC(=O)c2c(C)[nH]n(-c3cccc(Cl)c3)c2=O)cc1. The standard InChI is InChI=1S/C25H28ClN3O3/c1-4-6-8-18-11-13-19(14-12-18)24(31)28(5-2)16-22(30)23-17(3)27-29(25(23)32)21-10-7-9-20(26)15-21/h7,9-15,27H,4-6,8,16H2,1-3H3. The van der Waals surface area contributed by atoms with Crippen LogP contribution in [0.2, 0.25) is 5.02 Å². The lowest BCUT2D eigenvalue weighted by Gasteiger charge is -2.20. The molecule has 0 fully saturated rings. The number of hydrogen-bond donors (Lipinski definition) is 1. The second-order valence-electron chi connectivity index (χ2n) is 7.78. The van der Waals surface area contributed by atoms with Crippen LogP contribution in [0, 0.1) is 6.92 Å². The molecule has 3 aromatic rings. The molecule has 0 atom stereocenters. The van der Waals surface area contributed by atoms with Crippen molar-refractivity contribution >= 4 is 23.3 Å². The van der Waals surface area contributed by atoms with Gasteiger partial charge in [0, 0.05) is 22.8 Å². The molecular weight excluding hydrogens is 426 g/mol. The number of halogens is 1. The molecule has 7 heteroatoms. The summed E-state index contributed by atoms with van der Waals surface area (Å²) in [6, 6.07) is 14.3. The quantitative estimate of drug-likeness (QED) is 0.472. The summed E-state index contributed by atoms with van der Waals surface area (Å²) in [5, 5.41) is 3.42. The predicted octanol–water partition coefficient (Wildman–Crippen LogP) is 4.82. The molecule has 168 valence electrons. The first-order valence-corrected chi connectivity index (χ1v) is 11.2. The maximum Gasteiger partial charge on any atom is 0.282 e. The summed E-state index contributed by atoms with van der Waals surface area (Å²) in [5.41, 5.74) is 2.29. The third-order valence-corrected chi connectivity index (χ3v) is 5.68. The summed E-state index contributed by atoms with van der Waals surface area (Å²) >= 11 is 6.03. The lowest BCUT2D eigenvalue weighted by molar-refractivity contribution is 0.0717. The van der Waals surface area contributed by atoms with Gasteiger partial charge in [0.05, 0.1) is 12.2 Å². The average molecular weight is 454 g/mol. The summed E-state index contributed by atoms with van der Waals surface area (Å²) in [6.45, 7) is 5.81. The predicted molar refractivity (Wildman–Crippen MR) is 127 cm³/mol. The number of aromatic nitrogens is 2. The highest BCUT2D eigenvalue weighted by Crippen LogP contribution is 2.15. The molecule has 1 amide bonds. The maximum absolute atomic E-state index is 13.0. The van der Waals surface area contributed by atoms with Crippen LogP contribution in [0.5, 0.6) is 0 Å². The van der Waals surface area contributed by atoms with E-state index >= 15 is 0 Å². The van der Waals surface area contributed by atoms with Gasteiger partial charge in [0.2, 0.25) is 0 Å². The van der Waals surface area contributed by atoms with Crippen molar-refractivity contribution in [3.05, 3.63) is 86.3 Å². The molecule has 0 saturated heterocycles. The van der Waals surface area contributed by atoms with Gasteiger partial charge in [-0.3, -0.25) is 19.5 Å². The number of ketones is 1. The summed E-state index contributed by atoms with van der Waals surface area (Å²) in [7, 11) is 0. The van der Waals surface area contributed by atoms with Crippen molar-refractivity contribution in [3.8, 4) is 5.69 Å². The van der Waals surface area contributed by atoms with Crippen LogP contribution in [0.25, 0.3) is 5.69 Å². The van der Waals surface area contributed by atoms with Crippen LogP contribution in [0.3, 0.4) is 0 Å². The zero-order valence-corrected chi connectivity index (χ0v) is 19.4. The van der Waals surface area contributed by atoms with Gasteiger partial charge in [-0.1, -0.05) is 43.1 Å². The molecule has 1 aromatic heterocycles. The number of benzene rings is 2. The molecule has 0 unspecified atom stereocenters. The first kappa shape index (κ1) is 23.5. The Morgan fingerprint density at radius 3 is 2.44 bits per heavy atom. The Bertz CT molecular complexity index is 1160. The van der Waals surface area contributed by atoms with E-state index in [0.717, 1.165) is 19.3 Å². The summed E-state index contributed by atoms with van der Waals surface area (Å²) < 4.78 is 1.29. The van der Waals surface area contributed by atoms with Gasteiger partial charge in [-0.2, -0.15) is 0 Å². The largest absolute Gasteiger partial charge is 0.331 e. The van der Waals surface area contributed by atoms with Crippen molar-refractivity contribution in [2.75, 3.05) is 13.1 Å². The van der Waals surface area contributed by atoms with E-state index in [1.54, 1.807) is 43.3 Å². The van der Waals surface area contributed by atoms with Gasteiger partial charge >= 0.3 is 0 Å². The third-order valence-electron chi connectivity index (χ3n) is 5.44. The number of H-pyrrole nitrogens is 1. The molecule has 32 heavy (non-hydrogen) atoms. The highest BCUT2D eigenvalue weighted by Gasteiger charge is 2.24. The second-order valence-corrected chi connectivity index (χ2v) is 8.21. The Balaban J connectivity index is 1.79. The minimum absolute atomic E-state index is 0.0474. The van der Waals surface area contributed by atoms with Crippen LogP contribution >= 0.6 is 11.6 Å². The van der Waals surface area contributed by atoms with E-state index in [2.05, 4.69) is 12.0 Å². The average Bonchev–Trinajstić information content (AvgIpc) is 3.09. The topological polar surface area (TPSA) is 75.2 Å². The van der Waals surface area contributed by atoms with E-state index < -0.39 is 11.3 Å². The number of amides is 1. The smallest absolute Gasteiger partial charge is 0.282 e. The van der Waals surface area contributed by atoms with Gasteiger partial charge < -0.3 is 4.90 Å². The Hall–Kier alpha value is -3.12. The highest BCUT2D eigenvalue weighted by atomic mass is 35.5. The van der Waals surface area contributed by atoms with Crippen molar-refractivity contribution in [1.82, 2.24) is 14.7 Å². The van der Waals surface area contributed by atoms with Gasteiger partial charge in [-0.25, -0.2) is 4.68 Å². The van der Waals surface area contributed by atoms with E-state index in [0.29, 0.717) is 28.5 Å². The molecule has 0 aliphatic heterocycles. The number of hydrogen-bond acceptors (Lipinski definition) is 3. The van der Waals surface area contributed by atoms with E-state index in [1.165, 1.54) is 15.1 Å². The molecule has 6 nitrogen and oxygen atoms in total. The first-order valence-electron chi connectivity index (χ1n) is 10.8. The molecule has 0 spiro atoms. The number of carbonyl (C=O) groups excluding carboxylic acids is 2. The van der Waals surface area contributed by atoms with Crippen molar-refractivity contribution < 1.29 is 9.59 Å². The lowest BCUT2D eigenvalue weighted by Crippen LogP contribution is -2.37. The number of Topliss-reactive ketones (excluding diaryl/α,β-unsaturated/α-hetero) is 1. The number of rotatable bonds is 9. The van der Waals surface area contributed by atoms with Crippen molar-refractivity contribution in [3.63, 3.8) is 0 Å². The van der Waals surface area contributed by atoms with Crippen LogP contribution in [-0.2, 0) is 6.42 Å². The number of nitrogens with one attached hydrogen (secondary N) is 1. The second kappa shape index (κ2) is 10.5. The van der Waals surface area contributed by atoms with Crippen LogP contribution in [-0.4, -0.2) is 39.5 Å². The van der Waals surface area contributed by atoms with E-state index in [1.807, 2.05) is 19.1 Å². The molecule has 0 aliphatic rings. The highest BCUT2D eigenvalue weighted by molar-refractivity contribution is 6.30. The van der Waals surface area contributed by atoms with E-state index in [-0.39, 0.29) is 18.0 Å². The van der Waals surface area contributed by atoms with Crippen molar-refractivity contribution in [2.45, 2.75) is 40.0 Å². The van der Waals surface area contributed by atoms with Gasteiger partial charge in [0.1, 0.15) is 5.56 Å². The van der Waals surface area contributed by atoms with Crippen molar-refractivity contribution in [1.29, 1.82) is 0 Å². The van der Waals surface area contributed by atoms with Crippen LogP contribution in [0.4, 0.5) is 0 Å². The molecule has 0 radical (unpaired) electrons. The van der Waals surface area contributed by atoms with Crippen LogP contribution in [0.1, 0.15) is 58.7 Å². The maximum atomic E-state index is 13.0. The number of unbranched alkanes of at least 4 members (excludes halogenated alkanes) is 1. The third kappa shape index (κ3) is 5.19. The fourth-order valence-electron chi connectivity index (χ4n) is 3.63. The molecule has 0 bridgehead atoms. The number of aromatic amines is 1. The number of carbonyl (C=O) groups is 2. The first-order chi connectivity index (χ1) is 15.3. The Kier molecular flexibility index (Phi) is 7.70. The molecule has 0 aliphatic carbocycles. The molecule has 0 saturated carbocycles. The summed E-state index contributed by atoms with van der Waals surface area (Å²) in [5.74, 6) is -0.634. The number of aryl methyl sites for hydroxylation is 2. The van der Waals surface area contributed by atoms with Gasteiger partial charge in [0.25, 0.3) is 11.5 Å². The van der Waals surface area contributed by atoms with Gasteiger partial charge in [-0.15, -0.1) is 0 Å². The fraction of sp³-hybridized carbons (Fsp3) is 0.320. The zero-order valence-electron chi connectivity index (χ0n) is 18.7. The Labute approximate surface area is 192 Å². The van der Waals surface area contributed by atoms with Crippen molar-refractivity contribution in [2.24, 2.45) is 0 Å². The monoisotopic (exact) mass is 453 g/mol. The zero-order chi connectivity index (χ0) is 23.3. The van der Waals surface area contributed by atoms with Gasteiger partial charge in [0.15, 0.2) is 5.78 Å². The molecule has 2 aromatic carbocycles.